The standard InChI is InChI=1S/C12H13ClO/c1-2-11(13)12(14)9-8-10-6-4-3-5-7-10/h2-9,11-12,14H,1H2/b9-8+/t11-,12+/m0/s1. The molecule has 1 nitrogen and oxygen atoms in total. The van der Waals surface area contributed by atoms with E-state index in [0.717, 1.165) is 5.56 Å². The van der Waals surface area contributed by atoms with Gasteiger partial charge in [0.1, 0.15) is 0 Å². The van der Waals surface area contributed by atoms with Crippen LogP contribution in [0.25, 0.3) is 6.08 Å². The average molecular weight is 209 g/mol. The van der Waals surface area contributed by atoms with Gasteiger partial charge in [-0.3, -0.25) is 0 Å². The van der Waals surface area contributed by atoms with Crippen molar-refractivity contribution in [1.29, 1.82) is 0 Å². The maximum absolute atomic E-state index is 9.49. The minimum atomic E-state index is -0.686. The van der Waals surface area contributed by atoms with Crippen molar-refractivity contribution in [2.24, 2.45) is 0 Å². The Kier molecular flexibility index (Phi) is 4.44. The Balaban J connectivity index is 2.60. The second-order valence-electron chi connectivity index (χ2n) is 2.94. The number of rotatable bonds is 4. The summed E-state index contributed by atoms with van der Waals surface area (Å²) in [5.74, 6) is 0. The molecule has 0 bridgehead atoms. The molecule has 0 saturated carbocycles. The summed E-state index contributed by atoms with van der Waals surface area (Å²) in [6, 6.07) is 9.75. The average Bonchev–Trinajstić information content (AvgIpc) is 2.26. The van der Waals surface area contributed by atoms with E-state index in [1.54, 1.807) is 6.08 Å². The molecule has 14 heavy (non-hydrogen) atoms. The Morgan fingerprint density at radius 3 is 2.50 bits per heavy atom. The molecule has 2 atom stereocenters. The van der Waals surface area contributed by atoms with Crippen LogP contribution < -0.4 is 0 Å². The molecule has 0 aliphatic rings. The molecule has 74 valence electrons. The molecule has 0 amide bonds. The molecule has 1 aromatic rings. The highest BCUT2D eigenvalue weighted by atomic mass is 35.5. The molecule has 0 unspecified atom stereocenters. The van der Waals surface area contributed by atoms with Crippen LogP contribution in [0.3, 0.4) is 0 Å². The van der Waals surface area contributed by atoms with Crippen LogP contribution in [0.2, 0.25) is 0 Å². The summed E-state index contributed by atoms with van der Waals surface area (Å²) in [5, 5.41) is 9.05. The molecule has 2 heteroatoms. The lowest BCUT2D eigenvalue weighted by molar-refractivity contribution is 0.231. The van der Waals surface area contributed by atoms with Crippen molar-refractivity contribution in [3.8, 4) is 0 Å². The SMILES string of the molecule is C=C[C@H](Cl)[C@H](O)/C=C/c1ccccc1. The fourth-order valence-corrected chi connectivity index (χ4v) is 1.10. The van der Waals surface area contributed by atoms with E-state index in [9.17, 15) is 5.11 Å². The van der Waals surface area contributed by atoms with Gasteiger partial charge in [-0.25, -0.2) is 0 Å². The first-order valence-corrected chi connectivity index (χ1v) is 4.85. The molecule has 1 rings (SSSR count). The van der Waals surface area contributed by atoms with Crippen molar-refractivity contribution in [2.75, 3.05) is 0 Å². The maximum atomic E-state index is 9.49. The van der Waals surface area contributed by atoms with Crippen molar-refractivity contribution < 1.29 is 5.11 Å². The third-order valence-corrected chi connectivity index (χ3v) is 2.27. The van der Waals surface area contributed by atoms with Crippen molar-refractivity contribution in [1.82, 2.24) is 0 Å². The van der Waals surface area contributed by atoms with Gasteiger partial charge in [0.05, 0.1) is 11.5 Å². The second-order valence-corrected chi connectivity index (χ2v) is 3.44. The fourth-order valence-electron chi connectivity index (χ4n) is 1.02. The first kappa shape index (κ1) is 11.0. The van der Waals surface area contributed by atoms with Gasteiger partial charge < -0.3 is 5.11 Å². The van der Waals surface area contributed by atoms with E-state index < -0.39 is 11.5 Å². The highest BCUT2D eigenvalue weighted by Gasteiger charge is 2.07. The number of alkyl halides is 1. The number of hydrogen-bond acceptors (Lipinski definition) is 1. The molecular weight excluding hydrogens is 196 g/mol. The lowest BCUT2D eigenvalue weighted by Crippen LogP contribution is -2.14. The second kappa shape index (κ2) is 5.63. The molecule has 0 aliphatic heterocycles. The van der Waals surface area contributed by atoms with E-state index in [1.165, 1.54) is 6.08 Å². The summed E-state index contributed by atoms with van der Waals surface area (Å²) in [6.45, 7) is 3.51. The van der Waals surface area contributed by atoms with Gasteiger partial charge in [0.2, 0.25) is 0 Å². The van der Waals surface area contributed by atoms with Gasteiger partial charge in [-0.2, -0.15) is 0 Å². The summed E-state index contributed by atoms with van der Waals surface area (Å²) in [4.78, 5) is 0. The Bertz CT molecular complexity index is 305. The predicted molar refractivity (Wildman–Crippen MR) is 61.3 cm³/mol. The normalized spacial score (nSPS) is 15.3. The highest BCUT2D eigenvalue weighted by molar-refractivity contribution is 6.22. The van der Waals surface area contributed by atoms with Crippen molar-refractivity contribution in [3.05, 3.63) is 54.6 Å². The van der Waals surface area contributed by atoms with Crippen molar-refractivity contribution >= 4 is 17.7 Å². The number of aliphatic hydroxyl groups excluding tert-OH is 1. The van der Waals surface area contributed by atoms with Crippen molar-refractivity contribution in [2.45, 2.75) is 11.5 Å². The Labute approximate surface area is 89.3 Å². The molecule has 0 aromatic heterocycles. The van der Waals surface area contributed by atoms with Crippen LogP contribution in [0, 0.1) is 0 Å². The van der Waals surface area contributed by atoms with E-state index in [1.807, 2.05) is 36.4 Å². The Hall–Kier alpha value is -1.05. The van der Waals surface area contributed by atoms with Crippen LogP contribution in [-0.4, -0.2) is 16.6 Å². The lowest BCUT2D eigenvalue weighted by Gasteiger charge is -2.07. The zero-order valence-corrected chi connectivity index (χ0v) is 8.56. The van der Waals surface area contributed by atoms with Gasteiger partial charge in [0, 0.05) is 0 Å². The van der Waals surface area contributed by atoms with Crippen LogP contribution in [0.1, 0.15) is 5.56 Å². The molecule has 0 fully saturated rings. The first-order chi connectivity index (χ1) is 6.74. The third-order valence-electron chi connectivity index (χ3n) is 1.84. The van der Waals surface area contributed by atoms with E-state index in [-0.39, 0.29) is 0 Å². The minimum Gasteiger partial charge on any atom is -0.387 e. The van der Waals surface area contributed by atoms with E-state index >= 15 is 0 Å². The summed E-state index contributed by atoms with van der Waals surface area (Å²) in [5.41, 5.74) is 1.04. The van der Waals surface area contributed by atoms with Crippen LogP contribution in [0.5, 0.6) is 0 Å². The van der Waals surface area contributed by atoms with Gasteiger partial charge >= 0.3 is 0 Å². The van der Waals surface area contributed by atoms with Crippen LogP contribution >= 0.6 is 11.6 Å². The van der Waals surface area contributed by atoms with Gasteiger partial charge in [-0.05, 0) is 5.56 Å². The van der Waals surface area contributed by atoms with Crippen LogP contribution in [0.4, 0.5) is 0 Å². The number of benzene rings is 1. The molecule has 0 aliphatic carbocycles. The molecule has 0 radical (unpaired) electrons. The smallest absolute Gasteiger partial charge is 0.0922 e. The summed E-state index contributed by atoms with van der Waals surface area (Å²) >= 11 is 5.76. The first-order valence-electron chi connectivity index (χ1n) is 4.42. The van der Waals surface area contributed by atoms with Gasteiger partial charge in [-0.15, -0.1) is 18.2 Å². The summed E-state index contributed by atoms with van der Waals surface area (Å²) in [7, 11) is 0. The molecule has 0 heterocycles. The van der Waals surface area contributed by atoms with Gasteiger partial charge in [0.25, 0.3) is 0 Å². The number of halogens is 1. The lowest BCUT2D eigenvalue weighted by atomic mass is 10.1. The van der Waals surface area contributed by atoms with Crippen LogP contribution in [0.15, 0.2) is 49.1 Å². The topological polar surface area (TPSA) is 20.2 Å². The van der Waals surface area contributed by atoms with E-state index in [4.69, 9.17) is 11.6 Å². The van der Waals surface area contributed by atoms with Gasteiger partial charge in [0.15, 0.2) is 0 Å². The quantitative estimate of drug-likeness (QED) is 0.596. The molecule has 1 N–H and O–H groups in total. The maximum Gasteiger partial charge on any atom is 0.0922 e. The zero-order chi connectivity index (χ0) is 10.4. The number of hydrogen-bond donors (Lipinski definition) is 1. The van der Waals surface area contributed by atoms with Gasteiger partial charge in [-0.1, -0.05) is 48.6 Å². The zero-order valence-electron chi connectivity index (χ0n) is 7.81. The molecular formula is C12H13ClO. The van der Waals surface area contributed by atoms with Crippen LogP contribution in [-0.2, 0) is 0 Å². The summed E-state index contributed by atoms with van der Waals surface area (Å²) < 4.78 is 0. The van der Waals surface area contributed by atoms with Crippen molar-refractivity contribution in [3.63, 3.8) is 0 Å². The summed E-state index contributed by atoms with van der Waals surface area (Å²) in [6.07, 6.45) is 4.33. The largest absolute Gasteiger partial charge is 0.387 e. The van der Waals surface area contributed by atoms with E-state index in [2.05, 4.69) is 6.58 Å². The highest BCUT2D eigenvalue weighted by Crippen LogP contribution is 2.08. The molecule has 0 saturated heterocycles. The fraction of sp³-hybridized carbons (Fsp3) is 0.167. The third kappa shape index (κ3) is 3.36. The Morgan fingerprint density at radius 2 is 1.93 bits per heavy atom. The number of aliphatic hydroxyl groups is 1. The minimum absolute atomic E-state index is 0.435. The molecule has 0 spiro atoms. The molecule has 1 aromatic carbocycles. The predicted octanol–water partition coefficient (Wildman–Crippen LogP) is 2.85. The van der Waals surface area contributed by atoms with E-state index in [0.29, 0.717) is 0 Å². The Morgan fingerprint density at radius 1 is 1.29 bits per heavy atom. The monoisotopic (exact) mass is 208 g/mol.